The predicted molar refractivity (Wildman–Crippen MR) is 89.4 cm³/mol. The zero-order chi connectivity index (χ0) is 17.8. The highest BCUT2D eigenvalue weighted by Crippen LogP contribution is 2.29. The number of hydrogen-bond acceptors (Lipinski definition) is 6. The molecule has 1 aliphatic heterocycles. The maximum Gasteiger partial charge on any atom is 0.269 e. The van der Waals surface area contributed by atoms with Crippen molar-refractivity contribution < 1.29 is 18.1 Å². The summed E-state index contributed by atoms with van der Waals surface area (Å²) >= 11 is 0. The molecule has 0 bridgehead atoms. The standard InChI is InChI=1S/C15H23N3O5S/c1-12-9-13(18(19)20)3-4-14(12)24(21,22)17-10-15(11-23-2)5-7-16-8-6-15/h3-4,9,16-17H,5-8,10-11H2,1-2H3. The van der Waals surface area contributed by atoms with Crippen LogP contribution in [0.5, 0.6) is 0 Å². The Bertz CT molecular complexity index is 694. The molecule has 0 unspecified atom stereocenters. The monoisotopic (exact) mass is 357 g/mol. The molecule has 8 nitrogen and oxygen atoms in total. The first kappa shape index (κ1) is 18.8. The van der Waals surface area contributed by atoms with Crippen LogP contribution < -0.4 is 10.0 Å². The van der Waals surface area contributed by atoms with E-state index in [1.807, 2.05) is 0 Å². The van der Waals surface area contributed by atoms with Crippen LogP contribution in [0.2, 0.25) is 0 Å². The number of nitro groups is 1. The van der Waals surface area contributed by atoms with Crippen LogP contribution in [-0.4, -0.2) is 46.7 Å². The SMILES string of the molecule is COCC1(CNS(=O)(=O)c2ccc([N+](=O)[O-])cc2C)CCNCC1. The van der Waals surface area contributed by atoms with Gasteiger partial charge in [0, 0.05) is 31.2 Å². The van der Waals surface area contributed by atoms with E-state index in [0.29, 0.717) is 12.2 Å². The fraction of sp³-hybridized carbons (Fsp3) is 0.600. The summed E-state index contributed by atoms with van der Waals surface area (Å²) in [6.45, 7) is 3.96. The van der Waals surface area contributed by atoms with Crippen LogP contribution in [0.1, 0.15) is 18.4 Å². The van der Waals surface area contributed by atoms with E-state index in [0.717, 1.165) is 25.9 Å². The molecule has 1 fully saturated rings. The summed E-state index contributed by atoms with van der Waals surface area (Å²) in [5, 5.41) is 14.0. The number of rotatable bonds is 7. The van der Waals surface area contributed by atoms with Crippen LogP contribution in [-0.2, 0) is 14.8 Å². The average Bonchev–Trinajstić information content (AvgIpc) is 2.54. The summed E-state index contributed by atoms with van der Waals surface area (Å²) in [5.74, 6) is 0. The van der Waals surface area contributed by atoms with Gasteiger partial charge in [0.05, 0.1) is 16.4 Å². The quantitative estimate of drug-likeness (QED) is 0.560. The molecule has 0 radical (unpaired) electrons. The fourth-order valence-electron chi connectivity index (χ4n) is 3.01. The van der Waals surface area contributed by atoms with Crippen molar-refractivity contribution in [3.63, 3.8) is 0 Å². The lowest BCUT2D eigenvalue weighted by atomic mass is 9.80. The van der Waals surface area contributed by atoms with Gasteiger partial charge in [-0.2, -0.15) is 0 Å². The smallest absolute Gasteiger partial charge is 0.269 e. The summed E-state index contributed by atoms with van der Waals surface area (Å²) in [6, 6.07) is 3.75. The second-order valence-corrected chi connectivity index (χ2v) is 7.95. The lowest BCUT2D eigenvalue weighted by molar-refractivity contribution is -0.385. The number of aryl methyl sites for hydroxylation is 1. The second kappa shape index (κ2) is 7.56. The zero-order valence-corrected chi connectivity index (χ0v) is 14.7. The highest BCUT2D eigenvalue weighted by molar-refractivity contribution is 7.89. The molecule has 1 heterocycles. The van der Waals surface area contributed by atoms with Gasteiger partial charge in [-0.25, -0.2) is 13.1 Å². The number of methoxy groups -OCH3 is 1. The van der Waals surface area contributed by atoms with Crippen LogP contribution in [0.4, 0.5) is 5.69 Å². The molecule has 1 saturated heterocycles. The summed E-state index contributed by atoms with van der Waals surface area (Å²) in [7, 11) is -2.13. The average molecular weight is 357 g/mol. The Morgan fingerprint density at radius 1 is 1.38 bits per heavy atom. The third kappa shape index (κ3) is 4.29. The van der Waals surface area contributed by atoms with E-state index in [1.54, 1.807) is 14.0 Å². The summed E-state index contributed by atoms with van der Waals surface area (Å²) in [6.07, 6.45) is 1.64. The number of nitrogens with one attached hydrogen (secondary N) is 2. The Hall–Kier alpha value is -1.55. The number of sulfonamides is 1. The number of ether oxygens (including phenoxy) is 1. The van der Waals surface area contributed by atoms with Crippen LogP contribution in [0.3, 0.4) is 0 Å². The molecule has 0 saturated carbocycles. The van der Waals surface area contributed by atoms with Gasteiger partial charge in [-0.15, -0.1) is 0 Å². The van der Waals surface area contributed by atoms with Crippen LogP contribution in [0.15, 0.2) is 23.1 Å². The van der Waals surface area contributed by atoms with E-state index < -0.39 is 14.9 Å². The first-order valence-electron chi connectivity index (χ1n) is 7.74. The highest BCUT2D eigenvalue weighted by atomic mass is 32.2. The second-order valence-electron chi connectivity index (χ2n) is 6.21. The summed E-state index contributed by atoms with van der Waals surface area (Å²) < 4.78 is 33.1. The first-order chi connectivity index (χ1) is 11.3. The number of benzene rings is 1. The predicted octanol–water partition coefficient (Wildman–Crippen LogP) is 1.20. The van der Waals surface area contributed by atoms with Crippen molar-refractivity contribution in [3.8, 4) is 0 Å². The number of non-ortho nitro benzene ring substituents is 1. The van der Waals surface area contributed by atoms with Crippen LogP contribution in [0, 0.1) is 22.5 Å². The number of piperidine rings is 1. The molecule has 0 aliphatic carbocycles. The third-order valence-corrected chi connectivity index (χ3v) is 5.97. The van der Waals surface area contributed by atoms with Gasteiger partial charge in [0.25, 0.3) is 5.69 Å². The van der Waals surface area contributed by atoms with Gasteiger partial charge in [0.1, 0.15) is 0 Å². The van der Waals surface area contributed by atoms with Crippen molar-refractivity contribution >= 4 is 15.7 Å². The van der Waals surface area contributed by atoms with E-state index in [-0.39, 0.29) is 22.5 Å². The number of nitro benzene ring substituents is 1. The van der Waals surface area contributed by atoms with Crippen LogP contribution in [0.25, 0.3) is 0 Å². The molecule has 0 amide bonds. The fourth-order valence-corrected chi connectivity index (χ4v) is 4.39. The van der Waals surface area contributed by atoms with Gasteiger partial charge in [-0.3, -0.25) is 10.1 Å². The molecular weight excluding hydrogens is 334 g/mol. The van der Waals surface area contributed by atoms with Crippen LogP contribution >= 0.6 is 0 Å². The maximum atomic E-state index is 12.6. The molecule has 1 aliphatic rings. The minimum absolute atomic E-state index is 0.0644. The normalized spacial score (nSPS) is 17.6. The Morgan fingerprint density at radius 2 is 2.04 bits per heavy atom. The summed E-state index contributed by atoms with van der Waals surface area (Å²) in [5.41, 5.74) is -0.00895. The molecule has 1 aromatic carbocycles. The van der Waals surface area contributed by atoms with Crippen molar-refractivity contribution in [3.05, 3.63) is 33.9 Å². The lowest BCUT2D eigenvalue weighted by Gasteiger charge is -2.37. The molecule has 24 heavy (non-hydrogen) atoms. The van der Waals surface area contributed by atoms with E-state index in [2.05, 4.69) is 10.0 Å². The topological polar surface area (TPSA) is 111 Å². The highest BCUT2D eigenvalue weighted by Gasteiger charge is 2.34. The van der Waals surface area contributed by atoms with Crippen molar-refractivity contribution in [2.24, 2.45) is 5.41 Å². The van der Waals surface area contributed by atoms with Crippen molar-refractivity contribution in [1.82, 2.24) is 10.0 Å². The number of nitrogens with zero attached hydrogens (tertiary/aromatic N) is 1. The molecular formula is C15H23N3O5S. The molecule has 2 N–H and O–H groups in total. The Balaban J connectivity index is 2.17. The minimum Gasteiger partial charge on any atom is -0.384 e. The Kier molecular flexibility index (Phi) is 5.92. The molecule has 0 atom stereocenters. The van der Waals surface area contributed by atoms with Gasteiger partial charge < -0.3 is 10.1 Å². The minimum atomic E-state index is -3.74. The van der Waals surface area contributed by atoms with E-state index in [1.165, 1.54) is 18.2 Å². The Labute approximate surface area is 141 Å². The van der Waals surface area contributed by atoms with E-state index >= 15 is 0 Å². The van der Waals surface area contributed by atoms with Crippen molar-refractivity contribution in [2.45, 2.75) is 24.7 Å². The van der Waals surface area contributed by atoms with Gasteiger partial charge in [-0.1, -0.05) is 0 Å². The van der Waals surface area contributed by atoms with Gasteiger partial charge >= 0.3 is 0 Å². The largest absolute Gasteiger partial charge is 0.384 e. The van der Waals surface area contributed by atoms with Crippen molar-refractivity contribution in [2.75, 3.05) is 33.4 Å². The van der Waals surface area contributed by atoms with E-state index in [4.69, 9.17) is 4.74 Å². The van der Waals surface area contributed by atoms with Crippen molar-refractivity contribution in [1.29, 1.82) is 0 Å². The number of hydrogen-bond donors (Lipinski definition) is 2. The molecule has 1 aromatic rings. The van der Waals surface area contributed by atoms with E-state index in [9.17, 15) is 18.5 Å². The zero-order valence-electron chi connectivity index (χ0n) is 13.9. The Morgan fingerprint density at radius 3 is 2.58 bits per heavy atom. The molecule has 0 aromatic heterocycles. The molecule has 134 valence electrons. The first-order valence-corrected chi connectivity index (χ1v) is 9.22. The molecule has 9 heteroatoms. The molecule has 0 spiro atoms. The van der Waals surface area contributed by atoms with Gasteiger partial charge in [0.2, 0.25) is 10.0 Å². The van der Waals surface area contributed by atoms with Gasteiger partial charge in [0.15, 0.2) is 0 Å². The lowest BCUT2D eigenvalue weighted by Crippen LogP contribution is -2.47. The maximum absolute atomic E-state index is 12.6. The molecule has 2 rings (SSSR count). The summed E-state index contributed by atoms with van der Waals surface area (Å²) in [4.78, 5) is 10.3. The van der Waals surface area contributed by atoms with Gasteiger partial charge in [-0.05, 0) is 44.5 Å². The third-order valence-electron chi connectivity index (χ3n) is 4.41.